The number of ether oxygens (including phenoxy) is 1. The number of hydrogen-bond donors (Lipinski definition) is 1. The minimum Gasteiger partial charge on any atom is -0.506 e. The molecule has 0 saturated carbocycles. The summed E-state index contributed by atoms with van der Waals surface area (Å²) in [7, 11) is 0. The Kier molecular flexibility index (Phi) is 8.90. The molecule has 0 bridgehead atoms. The molecular weight excluding hydrogens is 786 g/mol. The Morgan fingerprint density at radius 1 is 0.735 bits per heavy atom. The summed E-state index contributed by atoms with van der Waals surface area (Å²) in [6, 6.07) is 42.9. The summed E-state index contributed by atoms with van der Waals surface area (Å²) in [4.78, 5) is 12.8. The van der Waals surface area contributed by atoms with Gasteiger partial charge in [0.25, 0.3) is 0 Å². The number of anilines is 1. The second kappa shape index (κ2) is 13.3. The third-order valence-electron chi connectivity index (χ3n) is 9.68. The van der Waals surface area contributed by atoms with Crippen molar-refractivity contribution in [1.82, 2.24) is 4.98 Å². The molecule has 49 heavy (non-hydrogen) atoms. The van der Waals surface area contributed by atoms with Gasteiger partial charge in [-0.05, 0) is 63.8 Å². The predicted octanol–water partition coefficient (Wildman–Crippen LogP) is 10.4. The number of aliphatic imine (C=N–C) groups is 1. The Hall–Kier alpha value is -4.73. The fourth-order valence-corrected chi connectivity index (χ4v) is 7.41. The van der Waals surface area contributed by atoms with E-state index in [2.05, 4.69) is 116 Å². The molecule has 2 atom stereocenters. The molecule has 5 aromatic carbocycles. The maximum atomic E-state index is 10.4. The van der Waals surface area contributed by atoms with Crippen LogP contribution >= 0.6 is 0 Å². The van der Waals surface area contributed by atoms with Crippen LogP contribution in [0.4, 0.5) is 5.69 Å². The van der Waals surface area contributed by atoms with Crippen molar-refractivity contribution in [2.45, 2.75) is 58.0 Å². The van der Waals surface area contributed by atoms with Gasteiger partial charge in [0.05, 0.1) is 17.9 Å². The molecule has 248 valence electrons. The molecule has 2 heterocycles. The molecule has 1 aliphatic carbocycles. The molecule has 0 amide bonds. The Bertz CT molecular complexity index is 2180. The third kappa shape index (κ3) is 5.85. The summed E-state index contributed by atoms with van der Waals surface area (Å²) in [6.07, 6.45) is 0.880. The summed E-state index contributed by atoms with van der Waals surface area (Å²) < 4.78 is 6.31. The summed E-state index contributed by atoms with van der Waals surface area (Å²) in [5, 5.41) is 11.3. The van der Waals surface area contributed by atoms with Crippen LogP contribution in [-0.4, -0.2) is 15.9 Å². The maximum absolute atomic E-state index is 10.4. The van der Waals surface area contributed by atoms with E-state index in [9.17, 15) is 5.11 Å². The summed E-state index contributed by atoms with van der Waals surface area (Å²) in [6.45, 7) is 9.11. The van der Waals surface area contributed by atoms with E-state index in [1.165, 1.54) is 39.1 Å². The third-order valence-corrected chi connectivity index (χ3v) is 9.68. The monoisotopic (exact) mass is 823 g/mol. The van der Waals surface area contributed by atoms with Crippen molar-refractivity contribution < 1.29 is 30.9 Å². The molecule has 6 aromatic rings. The molecular formula is C43H38N3O2Pt-. The van der Waals surface area contributed by atoms with Crippen LogP contribution in [0.5, 0.6) is 17.4 Å². The van der Waals surface area contributed by atoms with Crippen molar-refractivity contribution in [2.75, 3.05) is 4.90 Å². The van der Waals surface area contributed by atoms with E-state index in [4.69, 9.17) is 9.73 Å². The second-order valence-corrected chi connectivity index (χ2v) is 13.4. The maximum Gasteiger partial charge on any atom is 0.217 e. The number of pyridine rings is 1. The minimum atomic E-state index is -0.108. The quantitative estimate of drug-likeness (QED) is 0.170. The first-order valence-corrected chi connectivity index (χ1v) is 16.8. The predicted molar refractivity (Wildman–Crippen MR) is 194 cm³/mol. The number of benzene rings is 5. The van der Waals surface area contributed by atoms with E-state index in [0.717, 1.165) is 23.2 Å². The van der Waals surface area contributed by atoms with Crippen LogP contribution in [0.2, 0.25) is 0 Å². The van der Waals surface area contributed by atoms with Crippen LogP contribution < -0.4 is 9.64 Å². The zero-order valence-electron chi connectivity index (χ0n) is 28.0. The largest absolute Gasteiger partial charge is 0.506 e. The first-order valence-electron chi connectivity index (χ1n) is 16.8. The van der Waals surface area contributed by atoms with Crippen LogP contribution in [0.25, 0.3) is 10.9 Å². The fraction of sp³-hybridized carbons (Fsp3) is 0.209. The summed E-state index contributed by atoms with van der Waals surface area (Å²) in [5.74, 6) is 2.54. The first-order chi connectivity index (χ1) is 23.4. The van der Waals surface area contributed by atoms with Crippen LogP contribution in [-0.2, 0) is 27.5 Å². The number of aromatic hydroxyl groups is 1. The van der Waals surface area contributed by atoms with Gasteiger partial charge in [-0.1, -0.05) is 113 Å². The van der Waals surface area contributed by atoms with Gasteiger partial charge in [0, 0.05) is 44.0 Å². The minimum absolute atomic E-state index is 0. The van der Waals surface area contributed by atoms with Crippen molar-refractivity contribution in [3.8, 4) is 17.4 Å². The van der Waals surface area contributed by atoms with E-state index in [1.54, 1.807) is 6.07 Å². The van der Waals surface area contributed by atoms with Crippen molar-refractivity contribution >= 4 is 22.4 Å². The molecule has 0 saturated heterocycles. The average molecular weight is 824 g/mol. The van der Waals surface area contributed by atoms with E-state index in [0.29, 0.717) is 29.0 Å². The van der Waals surface area contributed by atoms with E-state index in [-0.39, 0.29) is 38.9 Å². The molecule has 0 fully saturated rings. The van der Waals surface area contributed by atoms with E-state index >= 15 is 0 Å². The molecule has 0 radical (unpaired) electrons. The van der Waals surface area contributed by atoms with Gasteiger partial charge in [-0.15, -0.1) is 23.8 Å². The van der Waals surface area contributed by atoms with Crippen LogP contribution in [0.15, 0.2) is 120 Å². The van der Waals surface area contributed by atoms with Gasteiger partial charge < -0.3 is 19.7 Å². The Morgan fingerprint density at radius 2 is 1.39 bits per heavy atom. The molecule has 2 aliphatic rings. The Balaban J connectivity index is 0.00000378. The SMILES string of the molecule is CC(C)c1cccc(C(C)C)c1N1C(c2[c-]c(Oc3ccc4cccc(O)c4n3)ccc2)=N[C@H]2c3ccccc3Cc3ccccc3[C@@H]21.[Pt]. The number of para-hydroxylation sites is 2. The Labute approximate surface area is 302 Å². The molecule has 1 aromatic heterocycles. The van der Waals surface area contributed by atoms with Crippen molar-refractivity contribution in [3.63, 3.8) is 0 Å². The van der Waals surface area contributed by atoms with Crippen LogP contribution in [0.1, 0.15) is 90.6 Å². The zero-order valence-corrected chi connectivity index (χ0v) is 30.3. The van der Waals surface area contributed by atoms with Crippen molar-refractivity contribution in [1.29, 1.82) is 0 Å². The van der Waals surface area contributed by atoms with Gasteiger partial charge in [0.2, 0.25) is 5.88 Å². The number of nitrogens with zero attached hydrogens (tertiary/aromatic N) is 3. The normalized spacial score (nSPS) is 16.4. The van der Waals surface area contributed by atoms with Crippen molar-refractivity contribution in [2.24, 2.45) is 4.99 Å². The van der Waals surface area contributed by atoms with Gasteiger partial charge in [0.1, 0.15) is 11.3 Å². The Morgan fingerprint density at radius 3 is 2.12 bits per heavy atom. The molecule has 1 aliphatic heterocycles. The van der Waals surface area contributed by atoms with Gasteiger partial charge >= 0.3 is 0 Å². The van der Waals surface area contributed by atoms with Gasteiger partial charge in [-0.2, -0.15) is 0 Å². The van der Waals surface area contributed by atoms with Crippen LogP contribution in [0, 0.1) is 6.07 Å². The number of fused-ring (bicyclic) bond motifs is 6. The molecule has 0 unspecified atom stereocenters. The average Bonchev–Trinajstić information content (AvgIpc) is 3.42. The number of phenolic OH excluding ortho intramolecular Hbond substituents is 1. The second-order valence-electron chi connectivity index (χ2n) is 13.4. The standard InChI is InChI=1S/C43H38N3O2.Pt/c1-26(2)33-19-11-20-34(27(3)4)41(33)46-42-36-18-8-6-13-30(36)24-29-12-5-7-17-35(29)40(42)45-43(46)31-15-9-16-32(25-31)48-38-23-22-28-14-10-21-37(47)39(28)44-38;/h5-23,26-27,40,42,47H,24H2,1-4H3;/q-1;/t40-,42-;/m0./s1. The molecule has 5 nitrogen and oxygen atoms in total. The topological polar surface area (TPSA) is 58.0 Å². The smallest absolute Gasteiger partial charge is 0.217 e. The molecule has 8 rings (SSSR count). The summed E-state index contributed by atoms with van der Waals surface area (Å²) >= 11 is 0. The number of rotatable bonds is 6. The number of amidine groups is 1. The molecule has 6 heteroatoms. The van der Waals surface area contributed by atoms with E-state index in [1.807, 2.05) is 36.4 Å². The number of aromatic nitrogens is 1. The van der Waals surface area contributed by atoms with E-state index < -0.39 is 0 Å². The van der Waals surface area contributed by atoms with Crippen LogP contribution in [0.3, 0.4) is 0 Å². The molecule has 1 N–H and O–H groups in total. The summed E-state index contributed by atoms with van der Waals surface area (Å²) in [5.41, 5.74) is 10.4. The van der Waals surface area contributed by atoms with Gasteiger partial charge in [-0.25, -0.2) is 4.98 Å². The fourth-order valence-electron chi connectivity index (χ4n) is 7.41. The van der Waals surface area contributed by atoms with Crippen molar-refractivity contribution in [3.05, 3.63) is 160 Å². The number of phenols is 1. The molecule has 0 spiro atoms. The van der Waals surface area contributed by atoms with Gasteiger partial charge in [0.15, 0.2) is 0 Å². The zero-order chi connectivity index (χ0) is 32.9. The first kappa shape index (κ1) is 32.8. The number of hydrogen-bond acceptors (Lipinski definition) is 5. The van der Waals surface area contributed by atoms with Gasteiger partial charge in [-0.3, -0.25) is 0 Å².